The Morgan fingerprint density at radius 2 is 0.947 bits per heavy atom. The standard InChI is InChI=1S/C55H40N2/c1-55(2)51-21-10-8-18-47(51)49-36-44(32-33-52(49)55)56(43-30-25-39(26-31-43)46-20-12-14-38-13-6-7-17-45(38)46)42-28-23-37(24-29-42)40-27-34-54-50(35-40)48-19-9-11-22-53(48)57(54)41-15-4-3-5-16-41/h3-36H,1-2H3. The van der Waals surface area contributed by atoms with Gasteiger partial charge in [0.25, 0.3) is 0 Å². The van der Waals surface area contributed by atoms with Crippen LogP contribution in [-0.2, 0) is 5.41 Å². The predicted molar refractivity (Wildman–Crippen MR) is 241 cm³/mol. The molecule has 1 aromatic heterocycles. The quantitative estimate of drug-likeness (QED) is 0.165. The molecule has 1 aliphatic carbocycles. The topological polar surface area (TPSA) is 8.17 Å². The van der Waals surface area contributed by atoms with Gasteiger partial charge in [-0.2, -0.15) is 0 Å². The second-order valence-corrected chi connectivity index (χ2v) is 15.8. The molecule has 0 unspecified atom stereocenters. The minimum Gasteiger partial charge on any atom is -0.310 e. The molecule has 0 saturated carbocycles. The van der Waals surface area contributed by atoms with E-state index in [2.05, 4.69) is 230 Å². The molecule has 2 heteroatoms. The van der Waals surface area contributed by atoms with Crippen LogP contribution in [0.15, 0.2) is 206 Å². The zero-order chi connectivity index (χ0) is 38.1. The molecular formula is C55H40N2. The molecule has 0 spiro atoms. The molecule has 0 bridgehead atoms. The van der Waals surface area contributed by atoms with Crippen LogP contribution < -0.4 is 4.90 Å². The number of anilines is 3. The molecule has 2 nitrogen and oxygen atoms in total. The van der Waals surface area contributed by atoms with Gasteiger partial charge in [0.05, 0.1) is 11.0 Å². The van der Waals surface area contributed by atoms with E-state index < -0.39 is 0 Å². The first-order valence-corrected chi connectivity index (χ1v) is 19.8. The molecule has 0 aliphatic heterocycles. The van der Waals surface area contributed by atoms with Crippen LogP contribution in [0.5, 0.6) is 0 Å². The Labute approximate surface area is 333 Å². The third-order valence-electron chi connectivity index (χ3n) is 12.2. The monoisotopic (exact) mass is 728 g/mol. The Morgan fingerprint density at radius 1 is 0.368 bits per heavy atom. The molecule has 9 aromatic carbocycles. The summed E-state index contributed by atoms with van der Waals surface area (Å²) in [5.41, 5.74) is 17.2. The first kappa shape index (κ1) is 33.2. The highest BCUT2D eigenvalue weighted by atomic mass is 15.1. The summed E-state index contributed by atoms with van der Waals surface area (Å²) in [7, 11) is 0. The van der Waals surface area contributed by atoms with Crippen molar-refractivity contribution in [3.8, 4) is 39.1 Å². The van der Waals surface area contributed by atoms with E-state index in [1.165, 1.54) is 82.8 Å². The van der Waals surface area contributed by atoms with Gasteiger partial charge in [-0.1, -0.05) is 153 Å². The summed E-state index contributed by atoms with van der Waals surface area (Å²) in [6, 6.07) is 75.6. The maximum atomic E-state index is 2.40. The van der Waals surface area contributed by atoms with E-state index in [0.717, 1.165) is 17.1 Å². The number of para-hydroxylation sites is 2. The van der Waals surface area contributed by atoms with Crippen molar-refractivity contribution in [1.29, 1.82) is 0 Å². The minimum absolute atomic E-state index is 0.0501. The summed E-state index contributed by atoms with van der Waals surface area (Å²) in [5, 5.41) is 5.03. The highest BCUT2D eigenvalue weighted by Gasteiger charge is 2.35. The molecular weight excluding hydrogens is 689 g/mol. The summed E-state index contributed by atoms with van der Waals surface area (Å²) in [6.07, 6.45) is 0. The van der Waals surface area contributed by atoms with E-state index in [1.54, 1.807) is 0 Å². The van der Waals surface area contributed by atoms with E-state index in [0.29, 0.717) is 0 Å². The number of nitrogens with zero attached hydrogens (tertiary/aromatic N) is 2. The van der Waals surface area contributed by atoms with E-state index >= 15 is 0 Å². The molecule has 0 fully saturated rings. The molecule has 0 N–H and O–H groups in total. The fourth-order valence-corrected chi connectivity index (χ4v) is 9.37. The molecule has 0 saturated heterocycles. The second kappa shape index (κ2) is 13.0. The number of hydrogen-bond donors (Lipinski definition) is 0. The molecule has 1 aliphatic rings. The maximum absolute atomic E-state index is 2.40. The van der Waals surface area contributed by atoms with Gasteiger partial charge in [0.15, 0.2) is 0 Å². The highest BCUT2D eigenvalue weighted by molar-refractivity contribution is 6.10. The van der Waals surface area contributed by atoms with Crippen molar-refractivity contribution in [2.45, 2.75) is 19.3 Å². The normalized spacial score (nSPS) is 12.9. The number of benzene rings is 9. The fraction of sp³-hybridized carbons (Fsp3) is 0.0545. The Balaban J connectivity index is 1.02. The van der Waals surface area contributed by atoms with Crippen LogP contribution in [0.4, 0.5) is 17.1 Å². The Hall–Kier alpha value is -7.16. The van der Waals surface area contributed by atoms with Gasteiger partial charge >= 0.3 is 0 Å². The lowest BCUT2D eigenvalue weighted by Gasteiger charge is -2.27. The van der Waals surface area contributed by atoms with Crippen molar-refractivity contribution in [3.05, 3.63) is 217 Å². The zero-order valence-corrected chi connectivity index (χ0v) is 32.0. The summed E-state index contributed by atoms with van der Waals surface area (Å²) >= 11 is 0. The lowest BCUT2D eigenvalue weighted by Crippen LogP contribution is -2.15. The van der Waals surface area contributed by atoms with Crippen LogP contribution in [0.1, 0.15) is 25.0 Å². The van der Waals surface area contributed by atoms with Crippen LogP contribution in [-0.4, -0.2) is 4.57 Å². The van der Waals surface area contributed by atoms with Gasteiger partial charge in [-0.15, -0.1) is 0 Å². The van der Waals surface area contributed by atoms with Gasteiger partial charge in [-0.3, -0.25) is 0 Å². The fourth-order valence-electron chi connectivity index (χ4n) is 9.37. The van der Waals surface area contributed by atoms with Crippen molar-refractivity contribution in [2.24, 2.45) is 0 Å². The van der Waals surface area contributed by atoms with Crippen LogP contribution >= 0.6 is 0 Å². The molecule has 57 heavy (non-hydrogen) atoms. The summed E-state index contributed by atoms with van der Waals surface area (Å²) in [6.45, 7) is 4.69. The van der Waals surface area contributed by atoms with Crippen molar-refractivity contribution in [2.75, 3.05) is 4.90 Å². The van der Waals surface area contributed by atoms with E-state index in [9.17, 15) is 0 Å². The SMILES string of the molecule is CC1(C)c2ccccc2-c2cc(N(c3ccc(-c4ccc5c(c4)c4ccccc4n5-c4ccccc4)cc3)c3ccc(-c4cccc5ccccc45)cc3)ccc21. The lowest BCUT2D eigenvalue weighted by atomic mass is 9.82. The number of fused-ring (bicyclic) bond motifs is 7. The van der Waals surface area contributed by atoms with E-state index in [1.807, 2.05) is 0 Å². The summed E-state index contributed by atoms with van der Waals surface area (Å²) in [5.74, 6) is 0. The molecule has 0 atom stereocenters. The Kier molecular flexibility index (Phi) is 7.55. The molecule has 0 radical (unpaired) electrons. The van der Waals surface area contributed by atoms with Gasteiger partial charge in [0.1, 0.15) is 0 Å². The largest absolute Gasteiger partial charge is 0.310 e. The predicted octanol–water partition coefficient (Wildman–Crippen LogP) is 15.0. The third kappa shape index (κ3) is 5.33. The first-order valence-electron chi connectivity index (χ1n) is 19.8. The number of rotatable bonds is 6. The Bertz CT molecular complexity index is 3130. The molecule has 0 amide bonds. The molecule has 270 valence electrons. The maximum Gasteiger partial charge on any atom is 0.0541 e. The molecule has 11 rings (SSSR count). The zero-order valence-electron chi connectivity index (χ0n) is 32.0. The van der Waals surface area contributed by atoms with Crippen molar-refractivity contribution in [1.82, 2.24) is 4.57 Å². The second-order valence-electron chi connectivity index (χ2n) is 15.8. The van der Waals surface area contributed by atoms with Crippen molar-refractivity contribution in [3.63, 3.8) is 0 Å². The average Bonchev–Trinajstić information content (AvgIpc) is 3.72. The first-order chi connectivity index (χ1) is 28.0. The van der Waals surface area contributed by atoms with Gasteiger partial charge in [0.2, 0.25) is 0 Å². The number of hydrogen-bond acceptors (Lipinski definition) is 1. The van der Waals surface area contributed by atoms with Gasteiger partial charge in [0, 0.05) is 38.9 Å². The lowest BCUT2D eigenvalue weighted by molar-refractivity contribution is 0.660. The molecule has 10 aromatic rings. The van der Waals surface area contributed by atoms with E-state index in [4.69, 9.17) is 0 Å². The van der Waals surface area contributed by atoms with Crippen LogP contribution in [0.2, 0.25) is 0 Å². The van der Waals surface area contributed by atoms with Gasteiger partial charge in [-0.05, 0) is 122 Å². The summed E-state index contributed by atoms with van der Waals surface area (Å²) < 4.78 is 2.37. The minimum atomic E-state index is -0.0501. The number of aromatic nitrogens is 1. The summed E-state index contributed by atoms with van der Waals surface area (Å²) in [4.78, 5) is 2.40. The molecule has 1 heterocycles. The smallest absolute Gasteiger partial charge is 0.0541 e. The highest BCUT2D eigenvalue weighted by Crippen LogP contribution is 2.51. The van der Waals surface area contributed by atoms with Crippen LogP contribution in [0, 0.1) is 0 Å². The third-order valence-corrected chi connectivity index (χ3v) is 12.2. The van der Waals surface area contributed by atoms with Crippen molar-refractivity contribution >= 4 is 49.6 Å². The van der Waals surface area contributed by atoms with E-state index in [-0.39, 0.29) is 5.41 Å². The van der Waals surface area contributed by atoms with Gasteiger partial charge in [-0.25, -0.2) is 0 Å². The van der Waals surface area contributed by atoms with Gasteiger partial charge < -0.3 is 9.47 Å². The van der Waals surface area contributed by atoms with Crippen LogP contribution in [0.3, 0.4) is 0 Å². The average molecular weight is 729 g/mol. The van der Waals surface area contributed by atoms with Crippen molar-refractivity contribution < 1.29 is 0 Å². The van der Waals surface area contributed by atoms with Crippen LogP contribution in [0.25, 0.3) is 71.6 Å². The Morgan fingerprint density at radius 3 is 1.75 bits per heavy atom.